The van der Waals surface area contributed by atoms with Gasteiger partial charge in [-0.3, -0.25) is 23.9 Å². The van der Waals surface area contributed by atoms with E-state index in [0.717, 1.165) is 4.57 Å². The number of hydrogen-bond acceptors (Lipinski definition) is 4. The minimum absolute atomic E-state index is 0.0901. The number of rotatable bonds is 0. The SMILES string of the molecule is Cn1c(=O)[nH]c2[nH]c(=O)c(=O)[nH]c2c1=O. The van der Waals surface area contributed by atoms with Crippen LogP contribution in [-0.4, -0.2) is 19.5 Å². The zero-order valence-corrected chi connectivity index (χ0v) is 7.58. The molecule has 15 heavy (non-hydrogen) atoms. The maximum absolute atomic E-state index is 11.5. The van der Waals surface area contributed by atoms with Crippen molar-refractivity contribution in [3.05, 3.63) is 41.5 Å². The molecular weight excluding hydrogens is 204 g/mol. The summed E-state index contributed by atoms with van der Waals surface area (Å²) < 4.78 is 0.788. The zero-order chi connectivity index (χ0) is 11.2. The summed E-state index contributed by atoms with van der Waals surface area (Å²) in [6.45, 7) is 0. The monoisotopic (exact) mass is 210 g/mol. The fourth-order valence-corrected chi connectivity index (χ4v) is 1.17. The lowest BCUT2D eigenvalue weighted by atomic mass is 10.5. The van der Waals surface area contributed by atoms with Gasteiger partial charge in [-0.2, -0.15) is 0 Å². The predicted octanol–water partition coefficient (Wildman–Crippen LogP) is -2.40. The number of nitrogens with zero attached hydrogens (tertiary/aromatic N) is 1. The summed E-state index contributed by atoms with van der Waals surface area (Å²) in [4.78, 5) is 50.9. The first-order chi connectivity index (χ1) is 7.00. The van der Waals surface area contributed by atoms with E-state index in [-0.39, 0.29) is 11.2 Å². The topological polar surface area (TPSA) is 121 Å². The summed E-state index contributed by atoms with van der Waals surface area (Å²) in [5.41, 5.74) is -3.44. The summed E-state index contributed by atoms with van der Waals surface area (Å²) in [5, 5.41) is 0. The van der Waals surface area contributed by atoms with Gasteiger partial charge >= 0.3 is 16.8 Å². The van der Waals surface area contributed by atoms with Gasteiger partial charge in [-0.25, -0.2) is 4.79 Å². The van der Waals surface area contributed by atoms with E-state index in [0.29, 0.717) is 0 Å². The average molecular weight is 210 g/mol. The first-order valence-electron chi connectivity index (χ1n) is 3.96. The fourth-order valence-electron chi connectivity index (χ4n) is 1.17. The van der Waals surface area contributed by atoms with Gasteiger partial charge in [0.25, 0.3) is 5.56 Å². The van der Waals surface area contributed by atoms with Gasteiger partial charge in [0.2, 0.25) is 0 Å². The molecule has 78 valence electrons. The van der Waals surface area contributed by atoms with Gasteiger partial charge in [-0.15, -0.1) is 0 Å². The van der Waals surface area contributed by atoms with E-state index in [1.807, 2.05) is 0 Å². The maximum Gasteiger partial charge on any atom is 0.329 e. The Balaban J connectivity index is 3.21. The average Bonchev–Trinajstić information content (AvgIpc) is 2.19. The molecule has 0 aliphatic heterocycles. The van der Waals surface area contributed by atoms with E-state index in [1.54, 1.807) is 0 Å². The van der Waals surface area contributed by atoms with E-state index in [2.05, 4.69) is 15.0 Å². The highest BCUT2D eigenvalue weighted by atomic mass is 16.2. The summed E-state index contributed by atoms with van der Waals surface area (Å²) in [7, 11) is 1.25. The highest BCUT2D eigenvalue weighted by Gasteiger charge is 2.06. The van der Waals surface area contributed by atoms with E-state index >= 15 is 0 Å². The lowest BCUT2D eigenvalue weighted by Crippen LogP contribution is -2.38. The van der Waals surface area contributed by atoms with Gasteiger partial charge in [-0.05, 0) is 0 Å². The smallest absolute Gasteiger partial charge is 0.310 e. The van der Waals surface area contributed by atoms with Crippen LogP contribution in [0.5, 0.6) is 0 Å². The molecule has 0 spiro atoms. The van der Waals surface area contributed by atoms with Crippen LogP contribution in [0, 0.1) is 0 Å². The van der Waals surface area contributed by atoms with Gasteiger partial charge < -0.3 is 9.97 Å². The molecule has 0 aliphatic rings. The zero-order valence-electron chi connectivity index (χ0n) is 7.58. The Morgan fingerprint density at radius 1 is 0.933 bits per heavy atom. The highest BCUT2D eigenvalue weighted by molar-refractivity contribution is 5.66. The Labute approximate surface area is 80.2 Å². The first kappa shape index (κ1) is 9.19. The third kappa shape index (κ3) is 1.23. The molecular formula is C7H6N4O4. The van der Waals surface area contributed by atoms with Gasteiger partial charge in [0.1, 0.15) is 11.2 Å². The van der Waals surface area contributed by atoms with Crippen molar-refractivity contribution in [1.82, 2.24) is 19.5 Å². The molecule has 2 aromatic heterocycles. The summed E-state index contributed by atoms with van der Waals surface area (Å²) in [6, 6.07) is 0. The molecule has 2 rings (SSSR count). The molecule has 0 atom stereocenters. The van der Waals surface area contributed by atoms with Gasteiger partial charge in [-0.1, -0.05) is 0 Å². The van der Waals surface area contributed by atoms with Crippen molar-refractivity contribution in [2.24, 2.45) is 7.05 Å². The number of aromatic nitrogens is 4. The van der Waals surface area contributed by atoms with Crippen molar-refractivity contribution in [3.63, 3.8) is 0 Å². The Kier molecular flexibility index (Phi) is 1.72. The predicted molar refractivity (Wildman–Crippen MR) is 51.1 cm³/mol. The van der Waals surface area contributed by atoms with E-state index < -0.39 is 22.4 Å². The minimum atomic E-state index is -0.938. The Bertz CT molecular complexity index is 759. The quantitative estimate of drug-likeness (QED) is 0.420. The summed E-state index contributed by atoms with van der Waals surface area (Å²) in [5.74, 6) is 0. The largest absolute Gasteiger partial charge is 0.329 e. The van der Waals surface area contributed by atoms with E-state index in [9.17, 15) is 19.2 Å². The van der Waals surface area contributed by atoms with Crippen LogP contribution in [0.25, 0.3) is 11.2 Å². The number of aromatic amines is 3. The molecule has 0 aliphatic carbocycles. The second-order valence-electron chi connectivity index (χ2n) is 2.95. The second-order valence-corrected chi connectivity index (χ2v) is 2.95. The molecule has 8 heteroatoms. The third-order valence-electron chi connectivity index (χ3n) is 1.99. The molecule has 8 nitrogen and oxygen atoms in total. The molecule has 0 unspecified atom stereocenters. The highest BCUT2D eigenvalue weighted by Crippen LogP contribution is 1.88. The number of nitrogens with one attached hydrogen (secondary N) is 3. The van der Waals surface area contributed by atoms with Crippen molar-refractivity contribution in [3.8, 4) is 0 Å². The molecule has 2 heterocycles. The van der Waals surface area contributed by atoms with Gasteiger partial charge in [0, 0.05) is 7.05 Å². The van der Waals surface area contributed by atoms with Crippen molar-refractivity contribution >= 4 is 11.2 Å². The lowest BCUT2D eigenvalue weighted by Gasteiger charge is -1.98. The first-order valence-corrected chi connectivity index (χ1v) is 3.96. The van der Waals surface area contributed by atoms with Crippen LogP contribution < -0.4 is 22.4 Å². The van der Waals surface area contributed by atoms with Gasteiger partial charge in [0.15, 0.2) is 0 Å². The number of fused-ring (bicyclic) bond motifs is 1. The normalized spacial score (nSPS) is 10.7. The fraction of sp³-hybridized carbons (Fsp3) is 0.143. The van der Waals surface area contributed by atoms with Crippen LogP contribution in [-0.2, 0) is 7.05 Å². The molecule has 0 amide bonds. The Hall–Kier alpha value is -2.38. The van der Waals surface area contributed by atoms with Crippen molar-refractivity contribution in [2.45, 2.75) is 0 Å². The minimum Gasteiger partial charge on any atom is -0.310 e. The molecule has 2 aromatic rings. The van der Waals surface area contributed by atoms with Gasteiger partial charge in [0.05, 0.1) is 0 Å². The Morgan fingerprint density at radius 2 is 1.53 bits per heavy atom. The molecule has 0 fully saturated rings. The third-order valence-corrected chi connectivity index (χ3v) is 1.99. The molecule has 3 N–H and O–H groups in total. The van der Waals surface area contributed by atoms with Crippen LogP contribution in [0.15, 0.2) is 19.2 Å². The van der Waals surface area contributed by atoms with Crippen LogP contribution >= 0.6 is 0 Å². The van der Waals surface area contributed by atoms with Crippen molar-refractivity contribution < 1.29 is 0 Å². The van der Waals surface area contributed by atoms with Crippen LogP contribution in [0.4, 0.5) is 0 Å². The summed E-state index contributed by atoms with van der Waals surface area (Å²) >= 11 is 0. The van der Waals surface area contributed by atoms with Crippen molar-refractivity contribution in [1.29, 1.82) is 0 Å². The van der Waals surface area contributed by atoms with Crippen LogP contribution in [0.2, 0.25) is 0 Å². The lowest BCUT2D eigenvalue weighted by molar-refractivity contribution is 0.784. The Morgan fingerprint density at radius 3 is 2.20 bits per heavy atom. The number of H-pyrrole nitrogens is 3. The van der Waals surface area contributed by atoms with Crippen molar-refractivity contribution in [2.75, 3.05) is 0 Å². The molecule has 0 bridgehead atoms. The van der Waals surface area contributed by atoms with E-state index in [1.165, 1.54) is 7.05 Å². The van der Waals surface area contributed by atoms with Crippen LogP contribution in [0.1, 0.15) is 0 Å². The molecule has 0 saturated carbocycles. The van der Waals surface area contributed by atoms with Crippen LogP contribution in [0.3, 0.4) is 0 Å². The molecule has 0 aromatic carbocycles. The molecule has 0 radical (unpaired) electrons. The second kappa shape index (κ2) is 2.80. The standard InChI is InChI=1S/C7H6N4O4/c1-11-6(14)2-3(10-7(11)15)9-5(13)4(12)8-2/h1H3,(H,8,12)(H2,9,10,13,15). The number of hydrogen-bond donors (Lipinski definition) is 3. The summed E-state index contributed by atoms with van der Waals surface area (Å²) in [6.07, 6.45) is 0. The maximum atomic E-state index is 11.5. The molecule has 0 saturated heterocycles. The van der Waals surface area contributed by atoms with E-state index in [4.69, 9.17) is 0 Å².